The van der Waals surface area contributed by atoms with Crippen molar-refractivity contribution in [2.45, 2.75) is 44.1 Å². The second-order valence-electron chi connectivity index (χ2n) is 7.14. The fraction of sp³-hybridized carbons (Fsp3) is 0.938. The quantitative estimate of drug-likeness (QED) is 0.442. The van der Waals surface area contributed by atoms with E-state index in [4.69, 9.17) is 10.3 Å². The maximum Gasteiger partial charge on any atom is 0.222 e. The normalized spacial score (nSPS) is 28.6. The lowest BCUT2D eigenvalue weighted by atomic mass is 9.79. The zero-order chi connectivity index (χ0) is 16.1. The fourth-order valence-corrected chi connectivity index (χ4v) is 4.46. The van der Waals surface area contributed by atoms with Crippen LogP contribution in [0.3, 0.4) is 0 Å². The third-order valence-corrected chi connectivity index (χ3v) is 5.65. The van der Waals surface area contributed by atoms with E-state index >= 15 is 0 Å². The summed E-state index contributed by atoms with van der Waals surface area (Å²) in [6.45, 7) is 5.56. The van der Waals surface area contributed by atoms with Crippen molar-refractivity contribution in [2.24, 2.45) is 11.0 Å². The molecule has 1 aliphatic carbocycles. The molecule has 7 nitrogen and oxygen atoms in total. The molecule has 23 heavy (non-hydrogen) atoms. The Bertz CT molecular complexity index is 465. The molecule has 3 aliphatic rings. The van der Waals surface area contributed by atoms with E-state index in [9.17, 15) is 4.79 Å². The maximum absolute atomic E-state index is 12.4. The highest BCUT2D eigenvalue weighted by Gasteiger charge is 2.42. The highest BCUT2D eigenvalue weighted by molar-refractivity contribution is 5.78. The molecule has 3 fully saturated rings. The van der Waals surface area contributed by atoms with Crippen molar-refractivity contribution in [3.8, 4) is 0 Å². The highest BCUT2D eigenvalue weighted by Crippen LogP contribution is 2.36. The molecule has 0 spiro atoms. The van der Waals surface area contributed by atoms with Gasteiger partial charge in [0.25, 0.3) is 0 Å². The van der Waals surface area contributed by atoms with E-state index in [0.29, 0.717) is 13.0 Å². The monoisotopic (exact) mass is 321 g/mol. The first kappa shape index (κ1) is 16.6. The van der Waals surface area contributed by atoms with Gasteiger partial charge in [0.05, 0.1) is 13.2 Å². The molecule has 128 valence electrons. The number of hydrogen-bond acceptors (Lipinski definition) is 4. The standard InChI is InChI=1S/C16H27N5O2/c17-19-18-11-14-10-15(22)20(12-14)13-16(4-2-1-3-5-16)21-6-8-23-9-7-21/h14H,1-13H2. The molecule has 7 heteroatoms. The summed E-state index contributed by atoms with van der Waals surface area (Å²) in [5.41, 5.74) is 8.60. The Kier molecular flexibility index (Phi) is 5.41. The van der Waals surface area contributed by atoms with E-state index < -0.39 is 0 Å². The van der Waals surface area contributed by atoms with Crippen molar-refractivity contribution in [1.29, 1.82) is 0 Å². The molecule has 1 amide bonds. The third kappa shape index (κ3) is 3.79. The zero-order valence-corrected chi connectivity index (χ0v) is 13.8. The van der Waals surface area contributed by atoms with Crippen LogP contribution in [-0.2, 0) is 9.53 Å². The van der Waals surface area contributed by atoms with Gasteiger partial charge in [-0.1, -0.05) is 24.4 Å². The van der Waals surface area contributed by atoms with Gasteiger partial charge in [-0.25, -0.2) is 0 Å². The lowest BCUT2D eigenvalue weighted by Crippen LogP contribution is -2.59. The molecular formula is C16H27N5O2. The Balaban J connectivity index is 1.68. The molecule has 0 N–H and O–H groups in total. The molecular weight excluding hydrogens is 294 g/mol. The predicted molar refractivity (Wildman–Crippen MR) is 86.9 cm³/mol. The van der Waals surface area contributed by atoms with Crippen LogP contribution in [0.2, 0.25) is 0 Å². The Morgan fingerprint density at radius 2 is 2.00 bits per heavy atom. The molecule has 2 aliphatic heterocycles. The van der Waals surface area contributed by atoms with Crippen LogP contribution in [0.15, 0.2) is 5.11 Å². The topological polar surface area (TPSA) is 81.5 Å². The summed E-state index contributed by atoms with van der Waals surface area (Å²) in [6, 6.07) is 0. The Morgan fingerprint density at radius 1 is 1.26 bits per heavy atom. The average Bonchev–Trinajstić information content (AvgIpc) is 2.94. The van der Waals surface area contributed by atoms with Gasteiger partial charge in [0.1, 0.15) is 0 Å². The molecule has 3 rings (SSSR count). The molecule has 1 unspecified atom stereocenters. The lowest BCUT2D eigenvalue weighted by Gasteiger charge is -2.49. The van der Waals surface area contributed by atoms with E-state index in [1.54, 1.807) is 0 Å². The largest absolute Gasteiger partial charge is 0.379 e. The van der Waals surface area contributed by atoms with Crippen molar-refractivity contribution in [1.82, 2.24) is 9.80 Å². The van der Waals surface area contributed by atoms with Crippen molar-refractivity contribution in [3.63, 3.8) is 0 Å². The number of amides is 1. The Morgan fingerprint density at radius 3 is 2.70 bits per heavy atom. The van der Waals surface area contributed by atoms with Gasteiger partial charge in [0, 0.05) is 49.6 Å². The number of morpholine rings is 1. The summed E-state index contributed by atoms with van der Waals surface area (Å²) < 4.78 is 5.52. The second kappa shape index (κ2) is 7.51. The molecule has 0 aromatic carbocycles. The van der Waals surface area contributed by atoms with Crippen LogP contribution in [0.4, 0.5) is 0 Å². The molecule has 1 saturated carbocycles. The smallest absolute Gasteiger partial charge is 0.222 e. The summed E-state index contributed by atoms with van der Waals surface area (Å²) in [4.78, 5) is 19.8. The molecule has 0 radical (unpaired) electrons. The third-order valence-electron chi connectivity index (χ3n) is 5.65. The maximum atomic E-state index is 12.4. The molecule has 2 saturated heterocycles. The summed E-state index contributed by atoms with van der Waals surface area (Å²) >= 11 is 0. The molecule has 0 aromatic rings. The number of likely N-dealkylation sites (tertiary alicyclic amines) is 1. The summed E-state index contributed by atoms with van der Waals surface area (Å²) in [5.74, 6) is 0.407. The van der Waals surface area contributed by atoms with Crippen LogP contribution >= 0.6 is 0 Å². The van der Waals surface area contributed by atoms with Crippen LogP contribution in [0, 0.1) is 5.92 Å². The van der Waals surface area contributed by atoms with Crippen LogP contribution < -0.4 is 0 Å². The first-order chi connectivity index (χ1) is 11.2. The number of carbonyl (C=O) groups excluding carboxylic acids is 1. The van der Waals surface area contributed by atoms with Gasteiger partial charge in [-0.15, -0.1) is 0 Å². The molecule has 2 heterocycles. The van der Waals surface area contributed by atoms with Gasteiger partial charge >= 0.3 is 0 Å². The average molecular weight is 321 g/mol. The zero-order valence-electron chi connectivity index (χ0n) is 13.8. The van der Waals surface area contributed by atoms with Gasteiger partial charge in [-0.05, 0) is 24.3 Å². The second-order valence-corrected chi connectivity index (χ2v) is 7.14. The Labute approximate surface area is 137 Å². The van der Waals surface area contributed by atoms with Crippen molar-refractivity contribution >= 4 is 5.91 Å². The van der Waals surface area contributed by atoms with Crippen LogP contribution in [-0.4, -0.2) is 67.2 Å². The predicted octanol–water partition coefficient (Wildman–Crippen LogP) is 2.18. The first-order valence-corrected chi connectivity index (χ1v) is 8.85. The molecule has 0 bridgehead atoms. The number of carbonyl (C=O) groups is 1. The van der Waals surface area contributed by atoms with E-state index in [2.05, 4.69) is 14.9 Å². The minimum absolute atomic E-state index is 0.130. The summed E-state index contributed by atoms with van der Waals surface area (Å²) in [7, 11) is 0. The summed E-state index contributed by atoms with van der Waals surface area (Å²) in [6.07, 6.45) is 6.69. The number of azide groups is 1. The van der Waals surface area contributed by atoms with Gasteiger partial charge < -0.3 is 9.64 Å². The fourth-order valence-electron chi connectivity index (χ4n) is 4.46. The van der Waals surface area contributed by atoms with E-state index in [1.165, 1.54) is 32.1 Å². The highest BCUT2D eigenvalue weighted by atomic mass is 16.5. The minimum atomic E-state index is 0.130. The minimum Gasteiger partial charge on any atom is -0.379 e. The number of nitrogens with zero attached hydrogens (tertiary/aromatic N) is 5. The summed E-state index contributed by atoms with van der Waals surface area (Å²) in [5, 5.41) is 3.65. The van der Waals surface area contributed by atoms with E-state index in [1.807, 2.05) is 4.90 Å². The number of ether oxygens (including phenoxy) is 1. The molecule has 0 aromatic heterocycles. The Hall–Kier alpha value is -1.30. The molecule has 1 atom stereocenters. The number of rotatable bonds is 5. The van der Waals surface area contributed by atoms with Gasteiger partial charge in [0.2, 0.25) is 5.91 Å². The van der Waals surface area contributed by atoms with Gasteiger partial charge in [-0.2, -0.15) is 0 Å². The first-order valence-electron chi connectivity index (χ1n) is 8.85. The van der Waals surface area contributed by atoms with E-state index in [-0.39, 0.29) is 17.4 Å². The van der Waals surface area contributed by atoms with Crippen molar-refractivity contribution in [3.05, 3.63) is 10.4 Å². The van der Waals surface area contributed by atoms with E-state index in [0.717, 1.165) is 39.4 Å². The number of hydrogen-bond donors (Lipinski definition) is 0. The van der Waals surface area contributed by atoms with Gasteiger partial charge in [-0.3, -0.25) is 9.69 Å². The lowest BCUT2D eigenvalue weighted by molar-refractivity contribution is -0.131. The van der Waals surface area contributed by atoms with Gasteiger partial charge in [0.15, 0.2) is 0 Å². The van der Waals surface area contributed by atoms with Crippen LogP contribution in [0.5, 0.6) is 0 Å². The SMILES string of the molecule is [N-]=[N+]=NCC1CC(=O)N(CC2(N3CCOCC3)CCCCC2)C1. The van der Waals surface area contributed by atoms with Crippen molar-refractivity contribution < 1.29 is 9.53 Å². The van der Waals surface area contributed by atoms with Crippen LogP contribution in [0.1, 0.15) is 38.5 Å². The van der Waals surface area contributed by atoms with Crippen LogP contribution in [0.25, 0.3) is 10.4 Å². The van der Waals surface area contributed by atoms with Crippen molar-refractivity contribution in [2.75, 3.05) is 45.9 Å².